The molecule has 0 bridgehead atoms. The molecule has 0 unspecified atom stereocenters. The molecule has 0 atom stereocenters. The van der Waals surface area contributed by atoms with Gasteiger partial charge in [0.1, 0.15) is 12.4 Å². The summed E-state index contributed by atoms with van der Waals surface area (Å²) in [7, 11) is -3.55. The van der Waals surface area contributed by atoms with E-state index in [-0.39, 0.29) is 18.0 Å². The van der Waals surface area contributed by atoms with Crippen molar-refractivity contribution in [2.24, 2.45) is 0 Å². The molecule has 0 amide bonds. The summed E-state index contributed by atoms with van der Waals surface area (Å²) < 4.78 is 32.7. The van der Waals surface area contributed by atoms with E-state index in [1.807, 2.05) is 6.07 Å². The van der Waals surface area contributed by atoms with Gasteiger partial charge >= 0.3 is 0 Å². The summed E-state index contributed by atoms with van der Waals surface area (Å²) in [5, 5.41) is 8.79. The zero-order chi connectivity index (χ0) is 16.0. The van der Waals surface area contributed by atoms with E-state index in [9.17, 15) is 8.42 Å². The van der Waals surface area contributed by atoms with E-state index < -0.39 is 10.0 Å². The van der Waals surface area contributed by atoms with Crippen molar-refractivity contribution in [1.82, 2.24) is 4.72 Å². The molecule has 0 aliphatic rings. The number of benzene rings is 2. The van der Waals surface area contributed by atoms with Crippen LogP contribution in [0.2, 0.25) is 0 Å². The van der Waals surface area contributed by atoms with Crippen LogP contribution >= 0.6 is 15.9 Å². The van der Waals surface area contributed by atoms with Crippen molar-refractivity contribution < 1.29 is 13.2 Å². The molecule has 0 aromatic heterocycles. The third-order valence-electron chi connectivity index (χ3n) is 2.75. The molecule has 0 saturated carbocycles. The summed E-state index contributed by atoms with van der Waals surface area (Å²) in [6.45, 7) is 0.305. The van der Waals surface area contributed by atoms with Crippen molar-refractivity contribution >= 4 is 26.0 Å². The van der Waals surface area contributed by atoms with Crippen molar-refractivity contribution in [1.29, 1.82) is 5.26 Å². The zero-order valence-electron chi connectivity index (χ0n) is 11.5. The summed E-state index contributed by atoms with van der Waals surface area (Å²) in [5.41, 5.74) is 0.493. The molecule has 114 valence electrons. The third-order valence-corrected chi connectivity index (χ3v) is 4.76. The number of halogens is 1. The summed E-state index contributed by atoms with van der Waals surface area (Å²) in [6.07, 6.45) is 0. The maximum absolute atomic E-state index is 12.0. The van der Waals surface area contributed by atoms with Gasteiger partial charge in [0, 0.05) is 11.0 Å². The fraction of sp³-hybridized carbons (Fsp3) is 0.133. The van der Waals surface area contributed by atoms with Crippen LogP contribution < -0.4 is 9.46 Å². The Morgan fingerprint density at radius 1 is 1.18 bits per heavy atom. The molecule has 2 aromatic carbocycles. The Hall–Kier alpha value is -1.88. The van der Waals surface area contributed by atoms with Crippen molar-refractivity contribution in [3.05, 3.63) is 58.6 Å². The van der Waals surface area contributed by atoms with Crippen LogP contribution in [0.5, 0.6) is 5.75 Å². The highest BCUT2D eigenvalue weighted by atomic mass is 79.9. The minimum atomic E-state index is -3.55. The van der Waals surface area contributed by atoms with Crippen molar-refractivity contribution in [2.75, 3.05) is 13.2 Å². The van der Waals surface area contributed by atoms with Gasteiger partial charge in [0.25, 0.3) is 0 Å². The van der Waals surface area contributed by atoms with Crippen LogP contribution in [-0.4, -0.2) is 21.6 Å². The minimum Gasteiger partial charge on any atom is -0.492 e. The van der Waals surface area contributed by atoms with Gasteiger partial charge in [-0.3, -0.25) is 0 Å². The van der Waals surface area contributed by atoms with Gasteiger partial charge in [0.15, 0.2) is 0 Å². The molecule has 2 aromatic rings. The molecule has 5 nitrogen and oxygen atoms in total. The Balaban J connectivity index is 1.88. The van der Waals surface area contributed by atoms with E-state index in [1.54, 1.807) is 36.4 Å². The number of nitrogens with zero attached hydrogens (tertiary/aromatic N) is 1. The van der Waals surface area contributed by atoms with Gasteiger partial charge in [-0.2, -0.15) is 5.26 Å². The van der Waals surface area contributed by atoms with E-state index in [0.29, 0.717) is 11.3 Å². The molecule has 2 rings (SSSR count). The van der Waals surface area contributed by atoms with Gasteiger partial charge in [0.05, 0.1) is 16.5 Å². The molecular formula is C15H13BrN2O3S. The Morgan fingerprint density at radius 2 is 1.91 bits per heavy atom. The summed E-state index contributed by atoms with van der Waals surface area (Å²) in [5.74, 6) is 0.530. The first-order valence-corrected chi connectivity index (χ1v) is 8.67. The number of ether oxygens (including phenoxy) is 1. The first-order valence-electron chi connectivity index (χ1n) is 6.39. The van der Waals surface area contributed by atoms with E-state index in [1.165, 1.54) is 12.1 Å². The number of hydrogen-bond donors (Lipinski definition) is 1. The second-order valence-electron chi connectivity index (χ2n) is 4.34. The van der Waals surface area contributed by atoms with Crippen LogP contribution in [0.4, 0.5) is 0 Å². The van der Waals surface area contributed by atoms with Crippen LogP contribution in [0.25, 0.3) is 0 Å². The Kier molecular flexibility index (Phi) is 5.55. The molecular weight excluding hydrogens is 368 g/mol. The van der Waals surface area contributed by atoms with E-state index in [0.717, 1.165) is 4.47 Å². The standard InChI is InChI=1S/C15H13BrN2O3S/c16-13-4-6-15(7-5-13)22(19,20)18-8-9-21-14-3-1-2-12(10-14)11-17/h1-7,10,18H,8-9H2. The highest BCUT2D eigenvalue weighted by Gasteiger charge is 2.12. The highest BCUT2D eigenvalue weighted by molar-refractivity contribution is 9.10. The second-order valence-corrected chi connectivity index (χ2v) is 7.02. The number of nitrogens with one attached hydrogen (secondary N) is 1. The lowest BCUT2D eigenvalue weighted by molar-refractivity contribution is 0.323. The minimum absolute atomic E-state index is 0.134. The topological polar surface area (TPSA) is 79.2 Å². The van der Waals surface area contributed by atoms with Gasteiger partial charge in [-0.25, -0.2) is 13.1 Å². The monoisotopic (exact) mass is 380 g/mol. The van der Waals surface area contributed by atoms with Crippen LogP contribution in [0.3, 0.4) is 0 Å². The van der Waals surface area contributed by atoms with E-state index in [4.69, 9.17) is 10.00 Å². The van der Waals surface area contributed by atoms with Gasteiger partial charge in [0.2, 0.25) is 10.0 Å². The molecule has 0 aliphatic heterocycles. The number of nitriles is 1. The number of hydrogen-bond acceptors (Lipinski definition) is 4. The molecule has 0 radical (unpaired) electrons. The summed E-state index contributed by atoms with van der Waals surface area (Å²) in [4.78, 5) is 0.196. The second kappa shape index (κ2) is 7.40. The van der Waals surface area contributed by atoms with Gasteiger partial charge in [-0.15, -0.1) is 0 Å². The maximum Gasteiger partial charge on any atom is 0.240 e. The smallest absolute Gasteiger partial charge is 0.240 e. The fourth-order valence-corrected chi connectivity index (χ4v) is 2.97. The lowest BCUT2D eigenvalue weighted by Crippen LogP contribution is -2.28. The molecule has 0 heterocycles. The molecule has 0 fully saturated rings. The predicted molar refractivity (Wildman–Crippen MR) is 86.0 cm³/mol. The summed E-state index contributed by atoms with van der Waals surface area (Å²) in [6, 6.07) is 15.1. The average molecular weight is 381 g/mol. The maximum atomic E-state index is 12.0. The number of rotatable bonds is 6. The Bertz CT molecular complexity index is 783. The van der Waals surface area contributed by atoms with E-state index in [2.05, 4.69) is 20.7 Å². The van der Waals surface area contributed by atoms with Crippen LogP contribution in [0, 0.1) is 11.3 Å². The van der Waals surface area contributed by atoms with E-state index >= 15 is 0 Å². The first-order chi connectivity index (χ1) is 10.5. The fourth-order valence-electron chi connectivity index (χ4n) is 1.70. The Morgan fingerprint density at radius 3 is 2.59 bits per heavy atom. The van der Waals surface area contributed by atoms with Gasteiger partial charge in [-0.1, -0.05) is 22.0 Å². The normalized spacial score (nSPS) is 10.9. The molecule has 22 heavy (non-hydrogen) atoms. The van der Waals surface area contributed by atoms with Crippen molar-refractivity contribution in [3.8, 4) is 11.8 Å². The average Bonchev–Trinajstić information content (AvgIpc) is 2.52. The van der Waals surface area contributed by atoms with Crippen LogP contribution in [-0.2, 0) is 10.0 Å². The zero-order valence-corrected chi connectivity index (χ0v) is 13.9. The number of sulfonamides is 1. The molecule has 0 aliphatic carbocycles. The van der Waals surface area contributed by atoms with Crippen LogP contribution in [0.1, 0.15) is 5.56 Å². The van der Waals surface area contributed by atoms with Gasteiger partial charge in [-0.05, 0) is 42.5 Å². The SMILES string of the molecule is N#Cc1cccc(OCCNS(=O)(=O)c2ccc(Br)cc2)c1. The molecule has 0 spiro atoms. The lowest BCUT2D eigenvalue weighted by Gasteiger charge is -2.09. The van der Waals surface area contributed by atoms with Crippen molar-refractivity contribution in [2.45, 2.75) is 4.90 Å². The third kappa shape index (κ3) is 4.56. The molecule has 1 N–H and O–H groups in total. The Labute approximate surface area is 137 Å². The van der Waals surface area contributed by atoms with Crippen molar-refractivity contribution in [3.63, 3.8) is 0 Å². The summed E-state index contributed by atoms with van der Waals surface area (Å²) >= 11 is 3.26. The predicted octanol–water partition coefficient (Wildman–Crippen LogP) is 2.68. The molecule has 0 saturated heterocycles. The van der Waals surface area contributed by atoms with Crippen LogP contribution in [0.15, 0.2) is 57.9 Å². The van der Waals surface area contributed by atoms with Gasteiger partial charge < -0.3 is 4.74 Å². The first kappa shape index (κ1) is 16.5. The lowest BCUT2D eigenvalue weighted by atomic mass is 10.2. The molecule has 7 heteroatoms. The highest BCUT2D eigenvalue weighted by Crippen LogP contribution is 2.15. The largest absolute Gasteiger partial charge is 0.492 e. The quantitative estimate of drug-likeness (QED) is 0.781.